The van der Waals surface area contributed by atoms with Gasteiger partial charge in [-0.2, -0.15) is 0 Å². The smallest absolute Gasteiger partial charge is 0.311 e. The predicted octanol–water partition coefficient (Wildman–Crippen LogP) is 4.86. The first kappa shape index (κ1) is 20.1. The summed E-state index contributed by atoms with van der Waals surface area (Å²) < 4.78 is 29.1. The Morgan fingerprint density at radius 3 is 2.83 bits per heavy atom. The maximum Gasteiger partial charge on any atom is 0.311 e. The lowest BCUT2D eigenvalue weighted by Crippen LogP contribution is -2.18. The molecule has 0 saturated heterocycles. The number of carbonyl (C=O) groups excluding carboxylic acids is 1. The van der Waals surface area contributed by atoms with Gasteiger partial charge in [-0.15, -0.1) is 34.0 Å². The molecule has 0 aliphatic rings. The van der Waals surface area contributed by atoms with Gasteiger partial charge in [0.05, 0.1) is 28.9 Å². The first-order valence-electron chi connectivity index (χ1n) is 8.50. The number of fused-ring (bicyclic) bond motifs is 1. The van der Waals surface area contributed by atoms with E-state index in [0.717, 1.165) is 20.8 Å². The normalized spacial score (nSPS) is 12.2. The van der Waals surface area contributed by atoms with Gasteiger partial charge in [-0.05, 0) is 25.1 Å². The molecule has 7 nitrogen and oxygen atoms in total. The number of thiophene rings is 1. The fourth-order valence-electron chi connectivity index (χ4n) is 2.61. The van der Waals surface area contributed by atoms with Crippen LogP contribution in [0.25, 0.3) is 20.8 Å². The fourth-order valence-corrected chi connectivity index (χ4v) is 6.26. The number of nitrogens with zero attached hydrogens (tertiary/aromatic N) is 3. The van der Waals surface area contributed by atoms with E-state index >= 15 is 0 Å². The number of rotatable bonds is 7. The molecule has 150 valence electrons. The quantitative estimate of drug-likeness (QED) is 0.309. The predicted molar refractivity (Wildman–Crippen MR) is 118 cm³/mol. The first-order valence-corrected chi connectivity index (χ1v) is 12.1. The summed E-state index contributed by atoms with van der Waals surface area (Å²) in [7, 11) is 0. The molecule has 0 spiro atoms. The van der Waals surface area contributed by atoms with E-state index in [1.807, 2.05) is 35.7 Å². The summed E-state index contributed by atoms with van der Waals surface area (Å²) >= 11 is 1.79. The van der Waals surface area contributed by atoms with E-state index in [1.54, 1.807) is 23.6 Å². The molecular weight excluding hydrogens is 450 g/mol. The van der Waals surface area contributed by atoms with Gasteiger partial charge in [0.1, 0.15) is 10.0 Å². The molecule has 4 rings (SSSR count). The molecule has 4 aromatic rings. The third kappa shape index (κ3) is 4.38. The van der Waals surface area contributed by atoms with E-state index in [1.165, 1.54) is 27.0 Å². The zero-order valence-corrected chi connectivity index (χ0v) is 18.4. The minimum atomic E-state index is -2.31. The van der Waals surface area contributed by atoms with Crippen molar-refractivity contribution in [3.05, 3.63) is 46.8 Å². The molecule has 3 heterocycles. The molecule has 0 aliphatic carbocycles. The monoisotopic (exact) mass is 465 g/mol. The van der Waals surface area contributed by atoms with E-state index < -0.39 is 11.3 Å². The standard InChI is InChI=1S/C18H15N3O4S4/c1-2-25-16(22)8-12-10-27-18(19-12)21(29(23)24)15-7-11(9-26-15)17-20-13-5-3-4-6-14(13)28-17/h3-7,9-10H,2,8H2,1H3,(H,23,24). The number of hydrogen-bond donors (Lipinski definition) is 1. The van der Waals surface area contributed by atoms with Gasteiger partial charge in [-0.1, -0.05) is 12.1 Å². The van der Waals surface area contributed by atoms with Crippen LogP contribution in [0.2, 0.25) is 0 Å². The number of aromatic nitrogens is 2. The van der Waals surface area contributed by atoms with Crippen LogP contribution in [-0.4, -0.2) is 31.3 Å². The van der Waals surface area contributed by atoms with Crippen LogP contribution in [0, 0.1) is 0 Å². The number of thiazole rings is 2. The van der Waals surface area contributed by atoms with Crippen molar-refractivity contribution < 1.29 is 18.3 Å². The van der Waals surface area contributed by atoms with Crippen LogP contribution in [0.5, 0.6) is 0 Å². The minimum absolute atomic E-state index is 0.0254. The summed E-state index contributed by atoms with van der Waals surface area (Å²) in [5.41, 5.74) is 2.30. The Kier molecular flexibility index (Phi) is 6.01. The average Bonchev–Trinajstić information content (AvgIpc) is 3.41. The molecule has 1 aromatic carbocycles. The second-order valence-electron chi connectivity index (χ2n) is 5.79. The van der Waals surface area contributed by atoms with E-state index in [4.69, 9.17) is 4.74 Å². The molecule has 0 fully saturated rings. The highest BCUT2D eigenvalue weighted by Gasteiger charge is 2.22. The van der Waals surface area contributed by atoms with Gasteiger partial charge in [0.2, 0.25) is 5.13 Å². The Labute approximate surface area is 181 Å². The van der Waals surface area contributed by atoms with Crippen molar-refractivity contribution in [3.8, 4) is 10.6 Å². The second-order valence-corrected chi connectivity index (χ2v) is 9.37. The van der Waals surface area contributed by atoms with Gasteiger partial charge >= 0.3 is 5.97 Å². The van der Waals surface area contributed by atoms with Gasteiger partial charge in [0.25, 0.3) is 11.3 Å². The van der Waals surface area contributed by atoms with E-state index in [2.05, 4.69) is 9.97 Å². The summed E-state index contributed by atoms with van der Waals surface area (Å²) in [5.74, 6) is -0.379. The molecule has 1 N–H and O–H groups in total. The van der Waals surface area contributed by atoms with E-state index in [9.17, 15) is 13.6 Å². The van der Waals surface area contributed by atoms with Gasteiger partial charge in [-0.25, -0.2) is 18.5 Å². The molecule has 11 heteroatoms. The number of benzene rings is 1. The van der Waals surface area contributed by atoms with Crippen molar-refractivity contribution >= 4 is 71.6 Å². The molecule has 0 aliphatic heterocycles. The molecule has 1 unspecified atom stereocenters. The lowest BCUT2D eigenvalue weighted by Gasteiger charge is -2.13. The van der Waals surface area contributed by atoms with E-state index in [0.29, 0.717) is 22.4 Å². The van der Waals surface area contributed by atoms with Gasteiger partial charge in [-0.3, -0.25) is 9.35 Å². The molecule has 1 atom stereocenters. The zero-order chi connectivity index (χ0) is 20.4. The molecule has 3 aromatic heterocycles. The summed E-state index contributed by atoms with van der Waals surface area (Å²) in [6.07, 6.45) is 0.0254. The van der Waals surface area contributed by atoms with Crippen molar-refractivity contribution in [2.45, 2.75) is 13.3 Å². The van der Waals surface area contributed by atoms with Crippen molar-refractivity contribution in [3.63, 3.8) is 0 Å². The lowest BCUT2D eigenvalue weighted by molar-refractivity contribution is -0.142. The van der Waals surface area contributed by atoms with Crippen molar-refractivity contribution in [2.75, 3.05) is 10.9 Å². The van der Waals surface area contributed by atoms with Crippen molar-refractivity contribution in [1.29, 1.82) is 0 Å². The Morgan fingerprint density at radius 1 is 1.24 bits per heavy atom. The fraction of sp³-hybridized carbons (Fsp3) is 0.167. The summed E-state index contributed by atoms with van der Waals surface area (Å²) in [5, 5.41) is 5.34. The van der Waals surface area contributed by atoms with Crippen LogP contribution >= 0.6 is 34.0 Å². The summed E-state index contributed by atoms with van der Waals surface area (Å²) in [6, 6.07) is 9.70. The highest BCUT2D eigenvalue weighted by atomic mass is 32.2. The number of ether oxygens (including phenoxy) is 1. The number of anilines is 2. The second kappa shape index (κ2) is 8.67. The molecule has 0 radical (unpaired) electrons. The Morgan fingerprint density at radius 2 is 2.07 bits per heavy atom. The first-order chi connectivity index (χ1) is 14.0. The zero-order valence-electron chi connectivity index (χ0n) is 15.1. The minimum Gasteiger partial charge on any atom is -0.466 e. The van der Waals surface area contributed by atoms with E-state index in [-0.39, 0.29) is 12.4 Å². The van der Waals surface area contributed by atoms with Crippen molar-refractivity contribution in [1.82, 2.24) is 9.97 Å². The molecule has 0 bridgehead atoms. The number of carbonyl (C=O) groups is 1. The van der Waals surface area contributed by atoms with Gasteiger partial charge < -0.3 is 4.74 Å². The van der Waals surface area contributed by atoms with Crippen LogP contribution < -0.4 is 4.31 Å². The van der Waals surface area contributed by atoms with Crippen LogP contribution in [0.4, 0.5) is 10.1 Å². The van der Waals surface area contributed by atoms with Crippen LogP contribution in [0.15, 0.2) is 41.1 Å². The summed E-state index contributed by atoms with van der Waals surface area (Å²) in [6.45, 7) is 2.03. The highest BCUT2D eigenvalue weighted by Crippen LogP contribution is 2.39. The number of hydrogen-bond acceptors (Lipinski definition) is 8. The van der Waals surface area contributed by atoms with Crippen LogP contribution in [-0.2, 0) is 27.2 Å². The SMILES string of the molecule is CCOC(=O)Cc1csc(N(c2cc(-c3nc4ccccc4s3)cs2)S(=O)O)n1. The Bertz CT molecular complexity index is 1150. The van der Waals surface area contributed by atoms with Crippen LogP contribution in [0.1, 0.15) is 12.6 Å². The lowest BCUT2D eigenvalue weighted by atomic mass is 10.3. The van der Waals surface area contributed by atoms with Gasteiger partial charge in [0.15, 0.2) is 0 Å². The number of para-hydroxylation sites is 1. The topological polar surface area (TPSA) is 92.6 Å². The third-order valence-corrected chi connectivity index (χ3v) is 7.61. The Hall–Kier alpha value is -2.18. The van der Waals surface area contributed by atoms with Crippen LogP contribution in [0.3, 0.4) is 0 Å². The summed E-state index contributed by atoms with van der Waals surface area (Å²) in [4.78, 5) is 20.6. The van der Waals surface area contributed by atoms with Crippen molar-refractivity contribution in [2.24, 2.45) is 0 Å². The van der Waals surface area contributed by atoms with Gasteiger partial charge in [0, 0.05) is 16.3 Å². The molecule has 0 amide bonds. The molecule has 0 saturated carbocycles. The molecular formula is C18H15N3O4S4. The maximum atomic E-state index is 12.0. The highest BCUT2D eigenvalue weighted by molar-refractivity contribution is 7.81. The molecule has 29 heavy (non-hydrogen) atoms. The maximum absolute atomic E-state index is 12.0. The third-order valence-electron chi connectivity index (χ3n) is 3.83. The Balaban J connectivity index is 1.61. The number of esters is 1. The average molecular weight is 466 g/mol. The largest absolute Gasteiger partial charge is 0.466 e.